The fourth-order valence-electron chi connectivity index (χ4n) is 2.78. The van der Waals surface area contributed by atoms with E-state index >= 15 is 0 Å². The lowest BCUT2D eigenvalue weighted by Gasteiger charge is -2.14. The molecule has 23 heavy (non-hydrogen) atoms. The Morgan fingerprint density at radius 3 is 2.30 bits per heavy atom. The van der Waals surface area contributed by atoms with Crippen LogP contribution in [0.15, 0.2) is 18.2 Å². The zero-order valence-electron chi connectivity index (χ0n) is 11.5. The molecule has 2 nitrogen and oxygen atoms in total. The van der Waals surface area contributed by atoms with Crippen molar-refractivity contribution in [1.29, 1.82) is 0 Å². The maximum atomic E-state index is 13.8. The predicted molar refractivity (Wildman–Crippen MR) is 75.5 cm³/mol. The van der Waals surface area contributed by atoms with E-state index in [-0.39, 0.29) is 22.5 Å². The lowest BCUT2D eigenvalue weighted by molar-refractivity contribution is -0.171. The molecule has 8 heteroatoms. The standard InChI is InChI=1S/C15H10F5NOS/c16-8-2-1-3-9(17)12(8)13(22)11-7-4-6(15(18,19)20)5-10(7)23-14(11)21/h1-3,6H,4-5,21H2. The van der Waals surface area contributed by atoms with Crippen LogP contribution in [0.5, 0.6) is 0 Å². The Morgan fingerprint density at radius 2 is 1.74 bits per heavy atom. The minimum absolute atomic E-state index is 0.0109. The summed E-state index contributed by atoms with van der Waals surface area (Å²) in [7, 11) is 0. The number of ketones is 1. The first-order valence-corrected chi connectivity index (χ1v) is 7.47. The Kier molecular flexibility index (Phi) is 3.66. The molecule has 2 aromatic rings. The average molecular weight is 347 g/mol. The monoisotopic (exact) mass is 347 g/mol. The fraction of sp³-hybridized carbons (Fsp3) is 0.267. The first-order valence-electron chi connectivity index (χ1n) is 6.65. The molecule has 0 amide bonds. The van der Waals surface area contributed by atoms with Crippen molar-refractivity contribution in [3.63, 3.8) is 0 Å². The molecule has 3 rings (SSSR count). The summed E-state index contributed by atoms with van der Waals surface area (Å²) in [6.07, 6.45) is -5.05. The molecule has 1 atom stereocenters. The molecule has 0 bridgehead atoms. The third-order valence-electron chi connectivity index (χ3n) is 3.88. The average Bonchev–Trinajstić information content (AvgIpc) is 2.94. The van der Waals surface area contributed by atoms with Gasteiger partial charge < -0.3 is 5.73 Å². The molecule has 0 fully saturated rings. The lowest BCUT2D eigenvalue weighted by Crippen LogP contribution is -2.23. The molecule has 1 aliphatic carbocycles. The van der Waals surface area contributed by atoms with Gasteiger partial charge >= 0.3 is 6.18 Å². The quantitative estimate of drug-likeness (QED) is 0.656. The number of rotatable bonds is 2. The largest absolute Gasteiger partial charge is 0.392 e. The summed E-state index contributed by atoms with van der Waals surface area (Å²) in [5, 5.41) is -0.0109. The second-order valence-electron chi connectivity index (χ2n) is 5.32. The number of fused-ring (bicyclic) bond motifs is 1. The lowest BCUT2D eigenvalue weighted by atomic mass is 9.98. The normalized spacial score (nSPS) is 17.3. The van der Waals surface area contributed by atoms with E-state index in [1.807, 2.05) is 0 Å². The van der Waals surface area contributed by atoms with E-state index in [9.17, 15) is 26.7 Å². The minimum atomic E-state index is -4.39. The second-order valence-corrected chi connectivity index (χ2v) is 6.45. The summed E-state index contributed by atoms with van der Waals surface area (Å²) in [4.78, 5) is 12.8. The van der Waals surface area contributed by atoms with Gasteiger partial charge in [-0.05, 0) is 30.5 Å². The van der Waals surface area contributed by atoms with Crippen LogP contribution in [0.3, 0.4) is 0 Å². The van der Waals surface area contributed by atoms with Crippen molar-refractivity contribution in [2.75, 3.05) is 5.73 Å². The number of halogens is 5. The van der Waals surface area contributed by atoms with Crippen LogP contribution in [0.2, 0.25) is 0 Å². The molecule has 0 radical (unpaired) electrons. The number of carbonyl (C=O) groups is 1. The molecule has 1 aliphatic rings. The first-order chi connectivity index (χ1) is 10.7. The van der Waals surface area contributed by atoms with Crippen molar-refractivity contribution >= 4 is 22.1 Å². The highest BCUT2D eigenvalue weighted by Crippen LogP contribution is 2.45. The Hall–Kier alpha value is -1.96. The molecular formula is C15H10F5NOS. The van der Waals surface area contributed by atoms with E-state index in [4.69, 9.17) is 5.73 Å². The number of alkyl halides is 3. The zero-order valence-corrected chi connectivity index (χ0v) is 12.3. The molecule has 0 aliphatic heterocycles. The van der Waals surface area contributed by atoms with Crippen LogP contribution in [0.1, 0.15) is 26.4 Å². The molecule has 1 aromatic heterocycles. The van der Waals surface area contributed by atoms with E-state index < -0.39 is 41.5 Å². The summed E-state index contributed by atoms with van der Waals surface area (Å²) < 4.78 is 66.1. The summed E-state index contributed by atoms with van der Waals surface area (Å²) in [6, 6.07) is 2.93. The highest BCUT2D eigenvalue weighted by Gasteiger charge is 2.45. The van der Waals surface area contributed by atoms with Crippen molar-refractivity contribution in [2.24, 2.45) is 5.92 Å². The van der Waals surface area contributed by atoms with E-state index in [0.29, 0.717) is 4.88 Å². The van der Waals surface area contributed by atoms with Gasteiger partial charge in [-0.15, -0.1) is 11.3 Å². The van der Waals surface area contributed by atoms with Crippen molar-refractivity contribution in [3.8, 4) is 0 Å². The van der Waals surface area contributed by atoms with Crippen molar-refractivity contribution in [2.45, 2.75) is 19.0 Å². The molecule has 0 spiro atoms. The first kappa shape index (κ1) is 15.9. The van der Waals surface area contributed by atoms with Crippen molar-refractivity contribution in [3.05, 3.63) is 51.4 Å². The van der Waals surface area contributed by atoms with Gasteiger partial charge in [0.05, 0.1) is 22.0 Å². The van der Waals surface area contributed by atoms with E-state index in [0.717, 1.165) is 29.5 Å². The minimum Gasteiger partial charge on any atom is -0.390 e. The van der Waals surface area contributed by atoms with E-state index in [2.05, 4.69) is 0 Å². The Balaban J connectivity index is 2.05. The molecule has 1 unspecified atom stereocenters. The summed E-state index contributed by atoms with van der Waals surface area (Å²) in [6.45, 7) is 0. The number of anilines is 1. The van der Waals surface area contributed by atoms with Gasteiger partial charge in [0.2, 0.25) is 5.78 Å². The van der Waals surface area contributed by atoms with Crippen LogP contribution in [-0.4, -0.2) is 12.0 Å². The molecule has 0 saturated carbocycles. The predicted octanol–water partition coefficient (Wildman–Crippen LogP) is 4.12. The van der Waals surface area contributed by atoms with E-state index in [1.165, 1.54) is 0 Å². The summed E-state index contributed by atoms with van der Waals surface area (Å²) in [5.41, 5.74) is 4.87. The molecule has 122 valence electrons. The van der Waals surface area contributed by atoms with Gasteiger partial charge in [-0.2, -0.15) is 13.2 Å². The number of nitrogens with two attached hydrogens (primary N) is 1. The Morgan fingerprint density at radius 1 is 1.13 bits per heavy atom. The van der Waals surface area contributed by atoms with Crippen LogP contribution in [0, 0.1) is 17.6 Å². The van der Waals surface area contributed by atoms with Gasteiger partial charge in [0.1, 0.15) is 11.6 Å². The van der Waals surface area contributed by atoms with Gasteiger partial charge in [0.15, 0.2) is 0 Å². The number of hydrogen-bond acceptors (Lipinski definition) is 3. The molecule has 1 heterocycles. The Bertz CT molecular complexity index is 776. The number of nitrogen functional groups attached to an aromatic ring is 1. The highest BCUT2D eigenvalue weighted by molar-refractivity contribution is 7.16. The smallest absolute Gasteiger partial charge is 0.390 e. The topological polar surface area (TPSA) is 43.1 Å². The van der Waals surface area contributed by atoms with Gasteiger partial charge in [0, 0.05) is 4.88 Å². The maximum absolute atomic E-state index is 13.8. The van der Waals surface area contributed by atoms with Crippen LogP contribution in [0.25, 0.3) is 0 Å². The number of benzene rings is 1. The van der Waals surface area contributed by atoms with Crippen molar-refractivity contribution < 1.29 is 26.7 Å². The summed E-state index contributed by atoms with van der Waals surface area (Å²) >= 11 is 0.870. The molecule has 1 aromatic carbocycles. The van der Waals surface area contributed by atoms with Gasteiger partial charge in [-0.1, -0.05) is 6.07 Å². The second kappa shape index (κ2) is 5.30. The summed E-state index contributed by atoms with van der Waals surface area (Å²) in [5.74, 6) is -4.75. The molecular weight excluding hydrogens is 337 g/mol. The van der Waals surface area contributed by atoms with Gasteiger partial charge in [-0.25, -0.2) is 8.78 Å². The van der Waals surface area contributed by atoms with Gasteiger partial charge in [0.25, 0.3) is 0 Å². The van der Waals surface area contributed by atoms with Crippen LogP contribution < -0.4 is 5.73 Å². The SMILES string of the molecule is Nc1sc2c(c1C(=O)c1c(F)cccc1F)CC(C(F)(F)F)C2. The molecule has 0 saturated heterocycles. The third-order valence-corrected chi connectivity index (χ3v) is 4.96. The number of carbonyl (C=O) groups excluding carboxylic acids is 1. The van der Waals surface area contributed by atoms with Crippen LogP contribution in [-0.2, 0) is 12.8 Å². The number of hydrogen-bond donors (Lipinski definition) is 1. The fourth-order valence-corrected chi connectivity index (χ4v) is 3.95. The van der Waals surface area contributed by atoms with E-state index in [1.54, 1.807) is 0 Å². The highest BCUT2D eigenvalue weighted by atomic mass is 32.1. The van der Waals surface area contributed by atoms with Crippen LogP contribution >= 0.6 is 11.3 Å². The maximum Gasteiger partial charge on any atom is 0.392 e. The molecule has 2 N–H and O–H groups in total. The van der Waals surface area contributed by atoms with Crippen LogP contribution in [0.4, 0.5) is 27.0 Å². The zero-order chi connectivity index (χ0) is 16.9. The Labute approximate surface area is 131 Å². The van der Waals surface area contributed by atoms with Crippen molar-refractivity contribution in [1.82, 2.24) is 0 Å². The number of thiophene rings is 1. The third kappa shape index (κ3) is 2.60. The van der Waals surface area contributed by atoms with Gasteiger partial charge in [-0.3, -0.25) is 4.79 Å².